The molecule has 1 aromatic carbocycles. The molecular weight excluding hydrogens is 390 g/mol. The van der Waals surface area contributed by atoms with Gasteiger partial charge in [0, 0.05) is 48.7 Å². The molecule has 0 amide bonds. The van der Waals surface area contributed by atoms with Crippen LogP contribution in [0.1, 0.15) is 29.1 Å². The number of thiazole rings is 1. The van der Waals surface area contributed by atoms with Gasteiger partial charge in [-0.15, -0.1) is 16.4 Å². The van der Waals surface area contributed by atoms with Crippen molar-refractivity contribution in [3.05, 3.63) is 69.3 Å². The first kappa shape index (κ1) is 19.3. The molecule has 1 atom stereocenters. The minimum Gasteiger partial charge on any atom is -0.351 e. The molecule has 1 unspecified atom stereocenters. The molecule has 0 spiro atoms. The lowest BCUT2D eigenvalue weighted by molar-refractivity contribution is 0.300. The van der Waals surface area contributed by atoms with Crippen molar-refractivity contribution in [1.29, 1.82) is 0 Å². The highest BCUT2D eigenvalue weighted by atomic mass is 35.5. The van der Waals surface area contributed by atoms with Crippen LogP contribution in [-0.2, 0) is 13.0 Å². The van der Waals surface area contributed by atoms with E-state index in [-0.39, 0.29) is 0 Å². The Kier molecular flexibility index (Phi) is 6.20. The fraction of sp³-hybridized carbons (Fsp3) is 0.381. The second-order valence-electron chi connectivity index (χ2n) is 7.30. The standard InChI is InChI=1S/C21H24ClN5S/c1-26(14-19-4-3-11-27(19)20-5-2-10-23-25-20)13-18-15-28-21(24-18)12-16-6-8-17(22)9-7-16/h2,5-10,15,19H,3-4,11-14H2,1H3. The predicted molar refractivity (Wildman–Crippen MR) is 115 cm³/mol. The molecule has 5 nitrogen and oxygen atoms in total. The van der Waals surface area contributed by atoms with Crippen LogP contribution in [0.25, 0.3) is 0 Å². The number of hydrogen-bond donors (Lipinski definition) is 0. The maximum absolute atomic E-state index is 5.97. The van der Waals surface area contributed by atoms with Crippen LogP contribution >= 0.6 is 22.9 Å². The SMILES string of the molecule is CN(Cc1csc(Cc2ccc(Cl)cc2)n1)CC1CCCN1c1cccnn1. The third kappa shape index (κ3) is 4.87. The third-order valence-corrected chi connectivity index (χ3v) is 6.20. The topological polar surface area (TPSA) is 45.2 Å². The summed E-state index contributed by atoms with van der Waals surface area (Å²) >= 11 is 7.70. The molecule has 3 heterocycles. The normalized spacial score (nSPS) is 16.8. The number of nitrogens with zero attached hydrogens (tertiary/aromatic N) is 5. The van der Waals surface area contributed by atoms with Crippen LogP contribution in [0, 0.1) is 0 Å². The van der Waals surface area contributed by atoms with Gasteiger partial charge >= 0.3 is 0 Å². The van der Waals surface area contributed by atoms with Gasteiger partial charge in [-0.1, -0.05) is 23.7 Å². The quantitative estimate of drug-likeness (QED) is 0.578. The molecule has 0 aliphatic carbocycles. The summed E-state index contributed by atoms with van der Waals surface area (Å²) in [5, 5.41) is 12.4. The number of anilines is 1. The van der Waals surface area contributed by atoms with Crippen LogP contribution in [0.15, 0.2) is 48.0 Å². The Balaban J connectivity index is 1.33. The van der Waals surface area contributed by atoms with E-state index in [9.17, 15) is 0 Å². The highest BCUT2D eigenvalue weighted by molar-refractivity contribution is 7.09. The molecule has 1 saturated heterocycles. The molecule has 28 heavy (non-hydrogen) atoms. The van der Waals surface area contributed by atoms with Crippen LogP contribution < -0.4 is 4.90 Å². The molecule has 0 bridgehead atoms. The maximum atomic E-state index is 5.97. The summed E-state index contributed by atoms with van der Waals surface area (Å²) in [5.74, 6) is 0.984. The Hall–Kier alpha value is -2.02. The van der Waals surface area contributed by atoms with Crippen molar-refractivity contribution in [2.45, 2.75) is 31.8 Å². The van der Waals surface area contributed by atoms with Crippen LogP contribution in [0.4, 0.5) is 5.82 Å². The molecule has 4 rings (SSSR count). The largest absolute Gasteiger partial charge is 0.351 e. The number of halogens is 1. The van der Waals surface area contributed by atoms with Crippen LogP contribution in [0.2, 0.25) is 5.02 Å². The number of aromatic nitrogens is 3. The summed E-state index contributed by atoms with van der Waals surface area (Å²) in [5.41, 5.74) is 2.38. The van der Waals surface area contributed by atoms with Gasteiger partial charge in [0.25, 0.3) is 0 Å². The summed E-state index contributed by atoms with van der Waals surface area (Å²) in [6.07, 6.45) is 4.98. The molecule has 0 N–H and O–H groups in total. The molecule has 1 aliphatic rings. The summed E-state index contributed by atoms with van der Waals surface area (Å²) < 4.78 is 0. The second kappa shape index (κ2) is 8.99. The molecule has 2 aromatic heterocycles. The molecule has 0 radical (unpaired) electrons. The number of likely N-dealkylation sites (N-methyl/N-ethyl adjacent to an activating group) is 1. The van der Waals surface area contributed by atoms with E-state index in [1.807, 2.05) is 18.2 Å². The van der Waals surface area contributed by atoms with Crippen LogP contribution in [0.5, 0.6) is 0 Å². The first-order chi connectivity index (χ1) is 13.7. The third-order valence-electron chi connectivity index (χ3n) is 5.05. The lowest BCUT2D eigenvalue weighted by Gasteiger charge is -2.28. The fourth-order valence-electron chi connectivity index (χ4n) is 3.75. The van der Waals surface area contributed by atoms with Gasteiger partial charge in [-0.05, 0) is 49.7 Å². The van der Waals surface area contributed by atoms with Crippen molar-refractivity contribution < 1.29 is 0 Å². The van der Waals surface area contributed by atoms with Gasteiger partial charge in [0.15, 0.2) is 5.82 Å². The van der Waals surface area contributed by atoms with Gasteiger partial charge in [0.1, 0.15) is 0 Å². The van der Waals surface area contributed by atoms with Crippen molar-refractivity contribution in [3.8, 4) is 0 Å². The summed E-state index contributed by atoms with van der Waals surface area (Å²) in [7, 11) is 2.17. The minimum absolute atomic E-state index is 0.480. The van der Waals surface area contributed by atoms with Crippen LogP contribution in [-0.4, -0.2) is 46.3 Å². The zero-order valence-corrected chi connectivity index (χ0v) is 17.5. The Labute approximate surface area is 175 Å². The summed E-state index contributed by atoms with van der Waals surface area (Å²) in [4.78, 5) is 9.57. The highest BCUT2D eigenvalue weighted by Crippen LogP contribution is 2.24. The molecule has 1 aliphatic heterocycles. The van der Waals surface area contributed by atoms with E-state index in [4.69, 9.17) is 16.6 Å². The van der Waals surface area contributed by atoms with Gasteiger partial charge in [0.05, 0.1) is 10.7 Å². The maximum Gasteiger partial charge on any atom is 0.151 e. The van der Waals surface area contributed by atoms with Crippen molar-refractivity contribution >= 4 is 28.8 Å². The van der Waals surface area contributed by atoms with Gasteiger partial charge < -0.3 is 4.90 Å². The monoisotopic (exact) mass is 413 g/mol. The van der Waals surface area contributed by atoms with E-state index in [2.05, 4.69) is 50.6 Å². The van der Waals surface area contributed by atoms with Gasteiger partial charge in [-0.25, -0.2) is 4.98 Å². The van der Waals surface area contributed by atoms with Gasteiger partial charge in [0.2, 0.25) is 0 Å². The Bertz CT molecular complexity index is 883. The average Bonchev–Trinajstić information content (AvgIpc) is 3.34. The number of hydrogen-bond acceptors (Lipinski definition) is 6. The summed E-state index contributed by atoms with van der Waals surface area (Å²) in [6.45, 7) is 2.92. The predicted octanol–water partition coefficient (Wildman–Crippen LogP) is 4.28. The minimum atomic E-state index is 0.480. The molecule has 7 heteroatoms. The van der Waals surface area contributed by atoms with E-state index in [0.29, 0.717) is 6.04 Å². The fourth-order valence-corrected chi connectivity index (χ4v) is 4.70. The second-order valence-corrected chi connectivity index (χ2v) is 8.68. The zero-order valence-electron chi connectivity index (χ0n) is 16.0. The van der Waals surface area contributed by atoms with Gasteiger partial charge in [-0.3, -0.25) is 4.90 Å². The van der Waals surface area contributed by atoms with Crippen LogP contribution in [0.3, 0.4) is 0 Å². The van der Waals surface area contributed by atoms with Gasteiger partial charge in [-0.2, -0.15) is 5.10 Å². The Morgan fingerprint density at radius 1 is 1.25 bits per heavy atom. The average molecular weight is 414 g/mol. The molecule has 146 valence electrons. The van der Waals surface area contributed by atoms with E-state index in [1.54, 1.807) is 17.5 Å². The number of benzene rings is 1. The number of rotatable bonds is 7. The molecular formula is C21H24ClN5S. The Morgan fingerprint density at radius 3 is 2.89 bits per heavy atom. The lowest BCUT2D eigenvalue weighted by Crippen LogP contribution is -2.39. The van der Waals surface area contributed by atoms with Crippen molar-refractivity contribution in [3.63, 3.8) is 0 Å². The first-order valence-electron chi connectivity index (χ1n) is 9.58. The first-order valence-corrected chi connectivity index (χ1v) is 10.8. The summed E-state index contributed by atoms with van der Waals surface area (Å²) in [6, 6.07) is 12.5. The smallest absolute Gasteiger partial charge is 0.151 e. The highest BCUT2D eigenvalue weighted by Gasteiger charge is 2.27. The van der Waals surface area contributed by atoms with Crippen molar-refractivity contribution in [1.82, 2.24) is 20.1 Å². The Morgan fingerprint density at radius 2 is 2.11 bits per heavy atom. The molecule has 3 aromatic rings. The van der Waals surface area contributed by atoms with Crippen molar-refractivity contribution in [2.24, 2.45) is 0 Å². The van der Waals surface area contributed by atoms with E-state index < -0.39 is 0 Å². The van der Waals surface area contributed by atoms with E-state index in [0.717, 1.165) is 47.6 Å². The van der Waals surface area contributed by atoms with Crippen molar-refractivity contribution in [2.75, 3.05) is 25.0 Å². The molecule has 1 fully saturated rings. The zero-order chi connectivity index (χ0) is 19.3. The van der Waals surface area contributed by atoms with E-state index >= 15 is 0 Å². The van der Waals surface area contributed by atoms with E-state index in [1.165, 1.54) is 18.4 Å². The molecule has 0 saturated carbocycles. The lowest BCUT2D eigenvalue weighted by atomic mass is 10.2.